The zero-order valence-electron chi connectivity index (χ0n) is 16.3. The molecule has 4 rings (SSSR count). The molecule has 0 radical (unpaired) electrons. The van der Waals surface area contributed by atoms with Gasteiger partial charge in [0.25, 0.3) is 5.91 Å². The molecule has 2 saturated carbocycles. The van der Waals surface area contributed by atoms with Gasteiger partial charge in [0.05, 0.1) is 17.4 Å². The molecule has 2 aliphatic carbocycles. The molecule has 3 fully saturated rings. The van der Waals surface area contributed by atoms with Crippen LogP contribution in [0.2, 0.25) is 0 Å². The first kappa shape index (κ1) is 23.2. The number of nitrogens with zero attached hydrogens (tertiary/aromatic N) is 1. The first-order valence-electron chi connectivity index (χ1n) is 9.75. The van der Waals surface area contributed by atoms with Crippen molar-refractivity contribution in [1.82, 2.24) is 4.90 Å². The van der Waals surface area contributed by atoms with Crippen molar-refractivity contribution in [2.75, 3.05) is 18.5 Å². The van der Waals surface area contributed by atoms with Crippen molar-refractivity contribution in [3.05, 3.63) is 29.8 Å². The highest BCUT2D eigenvalue weighted by molar-refractivity contribution is 9.12. The standard InChI is InChI=1S/C20H17Br2F3N2O5/c21-16-10-5-11(17(16)22)15-14(10)18(30)27(19(15)31)6-13(29)32-7-12(28)26-9-3-1-2-8(4-9)20(23,24)25/h1-4,10-11,14-17H,5-7H2,(H,26,28)/t10-,11-,14-,15-,16-,17+/m1/s1. The number of likely N-dealkylation sites (tertiary alicyclic amines) is 1. The molecular weight excluding hydrogens is 565 g/mol. The number of carbonyl (C=O) groups is 4. The monoisotopic (exact) mass is 580 g/mol. The van der Waals surface area contributed by atoms with Crippen LogP contribution in [-0.2, 0) is 30.1 Å². The Bertz CT molecular complexity index is 956. The van der Waals surface area contributed by atoms with Gasteiger partial charge in [-0.05, 0) is 36.5 Å². The predicted octanol–water partition coefficient (Wildman–Crippen LogP) is 2.97. The number of halogens is 5. The molecule has 32 heavy (non-hydrogen) atoms. The maximum Gasteiger partial charge on any atom is 0.416 e. The lowest BCUT2D eigenvalue weighted by molar-refractivity contribution is -0.154. The molecule has 0 aromatic heterocycles. The number of nitrogens with one attached hydrogen (secondary N) is 1. The van der Waals surface area contributed by atoms with Gasteiger partial charge in [0.15, 0.2) is 6.61 Å². The number of carbonyl (C=O) groups excluding carboxylic acids is 4. The average Bonchev–Trinajstić information content (AvgIpc) is 3.33. The fourth-order valence-electron chi connectivity index (χ4n) is 4.86. The van der Waals surface area contributed by atoms with Crippen molar-refractivity contribution in [1.29, 1.82) is 0 Å². The van der Waals surface area contributed by atoms with E-state index in [2.05, 4.69) is 37.2 Å². The van der Waals surface area contributed by atoms with E-state index in [1.165, 1.54) is 6.07 Å². The molecule has 1 N–H and O–H groups in total. The topological polar surface area (TPSA) is 92.8 Å². The van der Waals surface area contributed by atoms with Gasteiger partial charge in [-0.25, -0.2) is 0 Å². The van der Waals surface area contributed by atoms with E-state index >= 15 is 0 Å². The maximum atomic E-state index is 12.8. The summed E-state index contributed by atoms with van der Waals surface area (Å²) in [5.41, 5.74) is -1.04. The second-order valence-electron chi connectivity index (χ2n) is 8.05. The molecular formula is C20H17Br2F3N2O5. The summed E-state index contributed by atoms with van der Waals surface area (Å²) in [5, 5.41) is 2.21. The molecule has 1 aromatic rings. The van der Waals surface area contributed by atoms with Crippen LogP contribution in [0.15, 0.2) is 24.3 Å². The molecule has 3 aliphatic rings. The van der Waals surface area contributed by atoms with Gasteiger partial charge in [-0.2, -0.15) is 13.2 Å². The average molecular weight is 582 g/mol. The Hall–Kier alpha value is -1.95. The first-order chi connectivity index (χ1) is 15.0. The van der Waals surface area contributed by atoms with E-state index in [4.69, 9.17) is 4.74 Å². The smallest absolute Gasteiger partial charge is 0.416 e. The Morgan fingerprint density at radius 3 is 2.25 bits per heavy atom. The number of imide groups is 1. The van der Waals surface area contributed by atoms with E-state index in [0.717, 1.165) is 29.5 Å². The third-order valence-electron chi connectivity index (χ3n) is 6.20. The fraction of sp³-hybridized carbons (Fsp3) is 0.500. The summed E-state index contributed by atoms with van der Waals surface area (Å²) in [4.78, 5) is 50.6. The minimum absolute atomic E-state index is 0.00471. The van der Waals surface area contributed by atoms with Gasteiger partial charge in [-0.3, -0.25) is 24.1 Å². The van der Waals surface area contributed by atoms with Crippen LogP contribution >= 0.6 is 31.9 Å². The lowest BCUT2D eigenvalue weighted by atomic mass is 9.81. The van der Waals surface area contributed by atoms with Crippen molar-refractivity contribution >= 4 is 61.2 Å². The number of esters is 1. The van der Waals surface area contributed by atoms with E-state index < -0.39 is 60.4 Å². The summed E-state index contributed by atoms with van der Waals surface area (Å²) in [6, 6.07) is 4.01. The molecule has 1 aliphatic heterocycles. The number of rotatable bonds is 5. The van der Waals surface area contributed by atoms with Crippen LogP contribution in [0.5, 0.6) is 0 Å². The predicted molar refractivity (Wildman–Crippen MR) is 112 cm³/mol. The van der Waals surface area contributed by atoms with Crippen LogP contribution in [-0.4, -0.2) is 51.4 Å². The minimum Gasteiger partial charge on any atom is -0.454 e. The van der Waals surface area contributed by atoms with Crippen LogP contribution in [0, 0.1) is 23.7 Å². The summed E-state index contributed by atoms with van der Waals surface area (Å²) in [6.07, 6.45) is -3.81. The molecule has 0 unspecified atom stereocenters. The van der Waals surface area contributed by atoms with Gasteiger partial charge in [-0.15, -0.1) is 0 Å². The minimum atomic E-state index is -4.57. The summed E-state index contributed by atoms with van der Waals surface area (Å²) < 4.78 is 43.1. The quantitative estimate of drug-likeness (QED) is 0.328. The third-order valence-corrected chi connectivity index (χ3v) is 9.41. The van der Waals surface area contributed by atoms with Crippen molar-refractivity contribution in [3.63, 3.8) is 0 Å². The number of alkyl halides is 5. The van der Waals surface area contributed by atoms with Crippen LogP contribution in [0.25, 0.3) is 0 Å². The molecule has 12 heteroatoms. The highest BCUT2D eigenvalue weighted by Crippen LogP contribution is 2.60. The number of anilines is 1. The normalized spacial score (nSPS) is 31.1. The summed E-state index contributed by atoms with van der Waals surface area (Å²) >= 11 is 7.14. The van der Waals surface area contributed by atoms with E-state index in [1.54, 1.807) is 0 Å². The molecule has 0 spiro atoms. The highest BCUT2D eigenvalue weighted by atomic mass is 79.9. The van der Waals surface area contributed by atoms with Gasteiger partial charge in [0.2, 0.25) is 11.8 Å². The Kier molecular flexibility index (Phi) is 6.12. The maximum absolute atomic E-state index is 12.8. The second-order valence-corrected chi connectivity index (χ2v) is 10.2. The Morgan fingerprint density at radius 1 is 1.09 bits per heavy atom. The highest BCUT2D eigenvalue weighted by Gasteiger charge is 2.66. The first-order valence-corrected chi connectivity index (χ1v) is 11.6. The van der Waals surface area contributed by atoms with Gasteiger partial charge >= 0.3 is 12.1 Å². The number of hydrogen-bond acceptors (Lipinski definition) is 5. The summed E-state index contributed by atoms with van der Waals surface area (Å²) in [7, 11) is 0. The van der Waals surface area contributed by atoms with Crippen molar-refractivity contribution in [2.45, 2.75) is 22.3 Å². The van der Waals surface area contributed by atoms with Crippen LogP contribution < -0.4 is 5.32 Å². The molecule has 172 valence electrons. The van der Waals surface area contributed by atoms with Crippen LogP contribution in [0.4, 0.5) is 18.9 Å². The zero-order valence-corrected chi connectivity index (χ0v) is 19.4. The van der Waals surface area contributed by atoms with E-state index in [9.17, 15) is 32.3 Å². The van der Waals surface area contributed by atoms with E-state index in [0.29, 0.717) is 0 Å². The number of fused-ring (bicyclic) bond motifs is 5. The third kappa shape index (κ3) is 4.07. The number of ether oxygens (including phenoxy) is 1. The molecule has 2 bridgehead atoms. The molecule has 6 atom stereocenters. The molecule has 1 aromatic carbocycles. The summed E-state index contributed by atoms with van der Waals surface area (Å²) in [5.74, 6) is -3.57. The van der Waals surface area contributed by atoms with Crippen LogP contribution in [0.1, 0.15) is 12.0 Å². The van der Waals surface area contributed by atoms with E-state index in [1.807, 2.05) is 0 Å². The van der Waals surface area contributed by atoms with Crippen molar-refractivity contribution in [3.8, 4) is 0 Å². The van der Waals surface area contributed by atoms with Crippen molar-refractivity contribution in [2.24, 2.45) is 23.7 Å². The molecule has 3 amide bonds. The number of hydrogen-bond donors (Lipinski definition) is 1. The number of amides is 3. The largest absolute Gasteiger partial charge is 0.454 e. The SMILES string of the molecule is O=C(COC(=O)CN1C(=O)[C@@H]2[C@H]3C[C@@H]([C@@H](Br)[C@H]3Br)[C@H]2C1=O)Nc1cccc(C(F)(F)F)c1. The van der Waals surface area contributed by atoms with Gasteiger partial charge in [0, 0.05) is 15.3 Å². The number of benzene rings is 1. The van der Waals surface area contributed by atoms with Gasteiger partial charge in [-0.1, -0.05) is 37.9 Å². The molecule has 7 nitrogen and oxygen atoms in total. The second kappa shape index (κ2) is 8.44. The fourth-order valence-corrected chi connectivity index (χ4v) is 6.73. The Labute approximate surface area is 197 Å². The Morgan fingerprint density at radius 2 is 1.69 bits per heavy atom. The molecule has 1 saturated heterocycles. The zero-order chi connectivity index (χ0) is 23.4. The Balaban J connectivity index is 1.31. The van der Waals surface area contributed by atoms with Gasteiger partial charge < -0.3 is 10.1 Å². The van der Waals surface area contributed by atoms with Gasteiger partial charge in [0.1, 0.15) is 6.54 Å². The van der Waals surface area contributed by atoms with Crippen LogP contribution in [0.3, 0.4) is 0 Å². The lowest BCUT2D eigenvalue weighted by Gasteiger charge is -2.28. The lowest BCUT2D eigenvalue weighted by Crippen LogP contribution is -2.38. The summed E-state index contributed by atoms with van der Waals surface area (Å²) in [6.45, 7) is -1.38. The van der Waals surface area contributed by atoms with Crippen molar-refractivity contribution < 1.29 is 37.1 Å². The van der Waals surface area contributed by atoms with E-state index in [-0.39, 0.29) is 27.2 Å². The molecule has 1 heterocycles.